The van der Waals surface area contributed by atoms with Gasteiger partial charge >= 0.3 is 0 Å². The van der Waals surface area contributed by atoms with E-state index in [0.717, 1.165) is 0 Å². The molecule has 94 valence electrons. The lowest BCUT2D eigenvalue weighted by molar-refractivity contribution is 0.560. The topological polar surface area (TPSA) is 37.8 Å². The van der Waals surface area contributed by atoms with Crippen molar-refractivity contribution >= 4 is 33.3 Å². The lowest BCUT2D eigenvalue weighted by atomic mass is 10.2. The number of halogens is 4. The highest BCUT2D eigenvalue weighted by molar-refractivity contribution is 9.10. The first-order valence-corrected chi connectivity index (χ1v) is 6.10. The quantitative estimate of drug-likeness (QED) is 0.868. The lowest BCUT2D eigenvalue weighted by Gasteiger charge is -2.09. The summed E-state index contributed by atoms with van der Waals surface area (Å²) in [7, 11) is 0. The van der Waals surface area contributed by atoms with Crippen LogP contribution in [0.3, 0.4) is 0 Å². The molecule has 0 radical (unpaired) electrons. The molecular formula is C11H7BrClF2N3. The maximum atomic E-state index is 13.4. The van der Waals surface area contributed by atoms with Crippen molar-refractivity contribution in [3.8, 4) is 0 Å². The first kappa shape index (κ1) is 13.2. The Morgan fingerprint density at radius 2 is 1.94 bits per heavy atom. The molecule has 0 spiro atoms. The molecule has 1 aromatic heterocycles. The van der Waals surface area contributed by atoms with Gasteiger partial charge in [0.1, 0.15) is 17.5 Å². The Kier molecular flexibility index (Phi) is 4.08. The Labute approximate surface area is 115 Å². The van der Waals surface area contributed by atoms with Gasteiger partial charge in [-0.15, -0.1) is 0 Å². The van der Waals surface area contributed by atoms with Gasteiger partial charge in [0.15, 0.2) is 0 Å². The van der Waals surface area contributed by atoms with Crippen LogP contribution in [0.4, 0.5) is 14.6 Å². The van der Waals surface area contributed by atoms with Gasteiger partial charge in [0, 0.05) is 18.3 Å². The van der Waals surface area contributed by atoms with E-state index in [9.17, 15) is 8.78 Å². The molecule has 18 heavy (non-hydrogen) atoms. The van der Waals surface area contributed by atoms with Gasteiger partial charge in [-0.2, -0.15) is 4.98 Å². The van der Waals surface area contributed by atoms with Gasteiger partial charge in [-0.3, -0.25) is 0 Å². The first-order valence-electron chi connectivity index (χ1n) is 4.92. The maximum absolute atomic E-state index is 13.4. The SMILES string of the molecule is Fc1cccc(F)c1CNc1nc(Cl)ncc1Br. The van der Waals surface area contributed by atoms with Gasteiger partial charge in [0.05, 0.1) is 4.47 Å². The molecule has 0 fully saturated rings. The molecule has 2 aromatic rings. The minimum Gasteiger partial charge on any atom is -0.365 e. The molecular weight excluding hydrogens is 327 g/mol. The van der Waals surface area contributed by atoms with Crippen LogP contribution in [-0.4, -0.2) is 9.97 Å². The number of aromatic nitrogens is 2. The highest BCUT2D eigenvalue weighted by atomic mass is 79.9. The third-order valence-corrected chi connectivity index (χ3v) is 2.97. The molecule has 1 heterocycles. The molecule has 0 amide bonds. The number of nitrogens with zero attached hydrogens (tertiary/aromatic N) is 2. The third-order valence-electron chi connectivity index (χ3n) is 2.21. The summed E-state index contributed by atoms with van der Waals surface area (Å²) in [6.45, 7) is -0.0373. The Morgan fingerprint density at radius 1 is 1.28 bits per heavy atom. The van der Waals surface area contributed by atoms with Crippen LogP contribution in [0.15, 0.2) is 28.9 Å². The zero-order valence-electron chi connectivity index (χ0n) is 8.92. The average Bonchev–Trinajstić information content (AvgIpc) is 2.33. The summed E-state index contributed by atoms with van der Waals surface area (Å²) in [6, 6.07) is 3.70. The van der Waals surface area contributed by atoms with Gasteiger partial charge in [-0.1, -0.05) is 6.07 Å². The van der Waals surface area contributed by atoms with Crippen LogP contribution < -0.4 is 5.32 Å². The number of rotatable bonds is 3. The van der Waals surface area contributed by atoms with Gasteiger partial charge in [-0.05, 0) is 39.7 Å². The second-order valence-electron chi connectivity index (χ2n) is 3.39. The van der Waals surface area contributed by atoms with Crippen molar-refractivity contribution in [2.45, 2.75) is 6.54 Å². The van der Waals surface area contributed by atoms with E-state index in [1.54, 1.807) is 0 Å². The second-order valence-corrected chi connectivity index (χ2v) is 4.58. The normalized spacial score (nSPS) is 10.4. The molecule has 0 saturated carbocycles. The summed E-state index contributed by atoms with van der Waals surface area (Å²) in [4.78, 5) is 7.65. The molecule has 1 N–H and O–H groups in total. The Bertz CT molecular complexity index is 560. The lowest BCUT2D eigenvalue weighted by Crippen LogP contribution is -2.06. The third kappa shape index (κ3) is 2.94. The minimum atomic E-state index is -0.612. The van der Waals surface area contributed by atoms with E-state index in [0.29, 0.717) is 10.3 Å². The van der Waals surface area contributed by atoms with Crippen molar-refractivity contribution in [1.82, 2.24) is 9.97 Å². The van der Waals surface area contributed by atoms with Crippen molar-refractivity contribution < 1.29 is 8.78 Å². The highest BCUT2D eigenvalue weighted by Crippen LogP contribution is 2.21. The number of nitrogens with one attached hydrogen (secondary N) is 1. The number of hydrogen-bond acceptors (Lipinski definition) is 3. The molecule has 0 aliphatic carbocycles. The average molecular weight is 335 g/mol. The summed E-state index contributed by atoms with van der Waals surface area (Å²) >= 11 is 8.84. The largest absolute Gasteiger partial charge is 0.365 e. The molecule has 2 rings (SSSR count). The molecule has 0 bridgehead atoms. The zero-order valence-corrected chi connectivity index (χ0v) is 11.3. The molecule has 0 atom stereocenters. The summed E-state index contributed by atoms with van der Waals surface area (Å²) in [5.41, 5.74) is -0.0564. The van der Waals surface area contributed by atoms with E-state index >= 15 is 0 Å². The fourth-order valence-electron chi connectivity index (χ4n) is 1.34. The fourth-order valence-corrected chi connectivity index (χ4v) is 1.81. The van der Waals surface area contributed by atoms with Crippen LogP contribution in [0, 0.1) is 11.6 Å². The molecule has 0 aliphatic heterocycles. The van der Waals surface area contributed by atoms with Crippen molar-refractivity contribution in [1.29, 1.82) is 0 Å². The van der Waals surface area contributed by atoms with Crippen LogP contribution in [0.1, 0.15) is 5.56 Å². The van der Waals surface area contributed by atoms with E-state index < -0.39 is 11.6 Å². The molecule has 0 unspecified atom stereocenters. The van der Waals surface area contributed by atoms with Gasteiger partial charge in [0.25, 0.3) is 0 Å². The molecule has 0 aliphatic rings. The predicted octanol–water partition coefficient (Wildman–Crippen LogP) is 3.78. The van der Waals surface area contributed by atoms with E-state index in [-0.39, 0.29) is 17.4 Å². The monoisotopic (exact) mass is 333 g/mol. The Balaban J connectivity index is 2.19. The van der Waals surface area contributed by atoms with Crippen LogP contribution in [0.5, 0.6) is 0 Å². The fraction of sp³-hybridized carbons (Fsp3) is 0.0909. The number of benzene rings is 1. The summed E-state index contributed by atoms with van der Waals surface area (Å²) in [6.07, 6.45) is 1.45. The summed E-state index contributed by atoms with van der Waals surface area (Å²) in [5.74, 6) is -0.852. The second kappa shape index (κ2) is 5.58. The van der Waals surface area contributed by atoms with Crippen LogP contribution in [0.25, 0.3) is 0 Å². The minimum absolute atomic E-state index is 0.0373. The standard InChI is InChI=1S/C11H7BrClF2N3/c12-7-5-17-11(13)18-10(7)16-4-6-8(14)2-1-3-9(6)15/h1-3,5H,4H2,(H,16,17,18). The van der Waals surface area contributed by atoms with Crippen molar-refractivity contribution in [3.63, 3.8) is 0 Å². The molecule has 7 heteroatoms. The Hall–Kier alpha value is -1.27. The van der Waals surface area contributed by atoms with Crippen LogP contribution in [-0.2, 0) is 6.54 Å². The first-order chi connectivity index (χ1) is 8.58. The number of anilines is 1. The summed E-state index contributed by atoms with van der Waals surface area (Å²) < 4.78 is 27.3. The van der Waals surface area contributed by atoms with Gasteiger partial charge < -0.3 is 5.32 Å². The molecule has 3 nitrogen and oxygen atoms in total. The Morgan fingerprint density at radius 3 is 2.61 bits per heavy atom. The zero-order chi connectivity index (χ0) is 13.1. The van der Waals surface area contributed by atoms with E-state index in [1.807, 2.05) is 0 Å². The summed E-state index contributed by atoms with van der Waals surface area (Å²) in [5, 5.41) is 2.84. The van der Waals surface area contributed by atoms with Gasteiger partial charge in [0.2, 0.25) is 5.28 Å². The van der Waals surface area contributed by atoms with E-state index in [2.05, 4.69) is 31.2 Å². The number of hydrogen-bond donors (Lipinski definition) is 1. The van der Waals surface area contributed by atoms with E-state index in [4.69, 9.17) is 11.6 Å². The maximum Gasteiger partial charge on any atom is 0.224 e. The molecule has 0 saturated heterocycles. The highest BCUT2D eigenvalue weighted by Gasteiger charge is 2.09. The van der Waals surface area contributed by atoms with Crippen molar-refractivity contribution in [2.24, 2.45) is 0 Å². The van der Waals surface area contributed by atoms with Crippen molar-refractivity contribution in [3.05, 3.63) is 51.4 Å². The van der Waals surface area contributed by atoms with Gasteiger partial charge in [-0.25, -0.2) is 13.8 Å². The molecule has 1 aromatic carbocycles. The van der Waals surface area contributed by atoms with E-state index in [1.165, 1.54) is 24.4 Å². The van der Waals surface area contributed by atoms with Crippen molar-refractivity contribution in [2.75, 3.05) is 5.32 Å². The van der Waals surface area contributed by atoms with Crippen LogP contribution in [0.2, 0.25) is 5.28 Å². The van der Waals surface area contributed by atoms with Crippen LogP contribution >= 0.6 is 27.5 Å². The smallest absolute Gasteiger partial charge is 0.224 e. The predicted molar refractivity (Wildman–Crippen MR) is 68.4 cm³/mol.